The Balaban J connectivity index is 2.23. The molecule has 48 valence electrons. The molecule has 0 aromatic heterocycles. The van der Waals surface area contributed by atoms with Crippen molar-refractivity contribution in [1.82, 2.24) is 0 Å². The highest BCUT2D eigenvalue weighted by Crippen LogP contribution is 2.59. The molecule has 0 heteroatoms. The fourth-order valence-electron chi connectivity index (χ4n) is 2.08. The van der Waals surface area contributed by atoms with Crippen molar-refractivity contribution >= 4 is 0 Å². The molecule has 0 radical (unpaired) electrons. The predicted molar refractivity (Wildman–Crippen MR) is 39.1 cm³/mol. The molecule has 0 bridgehead atoms. The van der Waals surface area contributed by atoms with Gasteiger partial charge in [0.2, 0.25) is 0 Å². The van der Waals surface area contributed by atoms with Crippen LogP contribution in [0.2, 0.25) is 0 Å². The number of allylic oxidation sites excluding steroid dienone is 3. The van der Waals surface area contributed by atoms with Gasteiger partial charge >= 0.3 is 0 Å². The molecule has 0 N–H and O–H groups in total. The third kappa shape index (κ3) is 0.536. The van der Waals surface area contributed by atoms with Crippen molar-refractivity contribution in [2.24, 2.45) is 11.8 Å². The highest BCUT2D eigenvalue weighted by molar-refractivity contribution is 5.42. The number of fused-ring (bicyclic) bond motifs is 1. The second kappa shape index (κ2) is 1.50. The largest absolute Gasteiger partial charge is 0.0992 e. The van der Waals surface area contributed by atoms with E-state index < -0.39 is 0 Å². The van der Waals surface area contributed by atoms with Gasteiger partial charge in [0, 0.05) is 5.92 Å². The van der Waals surface area contributed by atoms with E-state index in [1.807, 2.05) is 0 Å². The summed E-state index contributed by atoms with van der Waals surface area (Å²) < 4.78 is 0. The maximum absolute atomic E-state index is 4.03. The molecule has 0 nitrogen and oxygen atoms in total. The van der Waals surface area contributed by atoms with E-state index in [0.29, 0.717) is 0 Å². The quantitative estimate of drug-likeness (QED) is 0.431. The SMILES string of the molecule is C=C1CCC2/C(=C/C)C12. The predicted octanol–water partition coefficient (Wildman–Crippen LogP) is 2.53. The lowest BCUT2D eigenvalue weighted by molar-refractivity contribution is 0.818. The Hall–Kier alpha value is -0.520. The van der Waals surface area contributed by atoms with E-state index in [1.54, 1.807) is 5.57 Å². The molecule has 0 spiro atoms. The Morgan fingerprint density at radius 2 is 2.44 bits per heavy atom. The molecule has 2 unspecified atom stereocenters. The van der Waals surface area contributed by atoms with E-state index in [-0.39, 0.29) is 0 Å². The lowest BCUT2D eigenvalue weighted by Crippen LogP contribution is -1.75. The molecule has 0 aliphatic heterocycles. The first kappa shape index (κ1) is 5.28. The van der Waals surface area contributed by atoms with Crippen molar-refractivity contribution in [2.45, 2.75) is 19.8 Å². The van der Waals surface area contributed by atoms with Crippen molar-refractivity contribution in [3.05, 3.63) is 23.8 Å². The van der Waals surface area contributed by atoms with Crippen LogP contribution in [0.15, 0.2) is 23.8 Å². The summed E-state index contributed by atoms with van der Waals surface area (Å²) in [6, 6.07) is 0. The van der Waals surface area contributed by atoms with Gasteiger partial charge in [-0.1, -0.05) is 23.8 Å². The Morgan fingerprint density at radius 3 is 2.78 bits per heavy atom. The Kier molecular flexibility index (Phi) is 0.879. The maximum atomic E-state index is 4.03. The summed E-state index contributed by atoms with van der Waals surface area (Å²) >= 11 is 0. The second-order valence-electron chi connectivity index (χ2n) is 3.07. The fourth-order valence-corrected chi connectivity index (χ4v) is 2.08. The number of hydrogen-bond donors (Lipinski definition) is 0. The summed E-state index contributed by atoms with van der Waals surface area (Å²) in [7, 11) is 0. The summed E-state index contributed by atoms with van der Waals surface area (Å²) in [6.07, 6.45) is 4.93. The third-order valence-electron chi connectivity index (χ3n) is 2.63. The average Bonchev–Trinajstić information content (AvgIpc) is 2.46. The zero-order valence-electron chi connectivity index (χ0n) is 5.85. The first-order valence-corrected chi connectivity index (χ1v) is 3.68. The molecular formula is C9H12. The van der Waals surface area contributed by atoms with E-state index in [2.05, 4.69) is 19.6 Å². The minimum Gasteiger partial charge on any atom is -0.0992 e. The summed E-state index contributed by atoms with van der Waals surface area (Å²) in [5, 5.41) is 0. The highest BCUT2D eigenvalue weighted by atomic mass is 14.5. The van der Waals surface area contributed by atoms with Crippen molar-refractivity contribution in [1.29, 1.82) is 0 Å². The molecule has 9 heavy (non-hydrogen) atoms. The van der Waals surface area contributed by atoms with E-state index in [9.17, 15) is 0 Å². The monoisotopic (exact) mass is 120 g/mol. The first-order valence-electron chi connectivity index (χ1n) is 3.68. The van der Waals surface area contributed by atoms with Crippen LogP contribution in [0.4, 0.5) is 0 Å². The van der Waals surface area contributed by atoms with Gasteiger partial charge in [0.05, 0.1) is 0 Å². The van der Waals surface area contributed by atoms with Gasteiger partial charge in [0.25, 0.3) is 0 Å². The minimum atomic E-state index is 0.829. The standard InChI is InChI=1S/C9H12/c1-3-7-8-5-4-6(2)9(7)8/h3,8-9H,2,4-5H2,1H3/b7-3-. The van der Waals surface area contributed by atoms with E-state index >= 15 is 0 Å². The Labute approximate surface area is 56.3 Å². The lowest BCUT2D eigenvalue weighted by atomic mass is 10.1. The van der Waals surface area contributed by atoms with Gasteiger partial charge in [0.15, 0.2) is 0 Å². The smallest absolute Gasteiger partial charge is 0.00731 e. The molecular weight excluding hydrogens is 108 g/mol. The van der Waals surface area contributed by atoms with Crippen molar-refractivity contribution < 1.29 is 0 Å². The molecule has 2 rings (SSSR count). The van der Waals surface area contributed by atoms with E-state index in [4.69, 9.17) is 0 Å². The molecule has 0 amide bonds. The van der Waals surface area contributed by atoms with Crippen LogP contribution in [0.5, 0.6) is 0 Å². The average molecular weight is 120 g/mol. The van der Waals surface area contributed by atoms with Crippen molar-refractivity contribution in [3.8, 4) is 0 Å². The topological polar surface area (TPSA) is 0 Å². The molecule has 2 aliphatic rings. The van der Waals surface area contributed by atoms with Crippen LogP contribution in [0.3, 0.4) is 0 Å². The number of hydrogen-bond acceptors (Lipinski definition) is 0. The highest BCUT2D eigenvalue weighted by Gasteiger charge is 2.48. The molecule has 0 aromatic rings. The van der Waals surface area contributed by atoms with Gasteiger partial charge in [-0.2, -0.15) is 0 Å². The zero-order chi connectivity index (χ0) is 6.43. The summed E-state index contributed by atoms with van der Waals surface area (Å²) in [5.74, 6) is 1.76. The molecule has 0 saturated heterocycles. The summed E-state index contributed by atoms with van der Waals surface area (Å²) in [6.45, 7) is 6.17. The van der Waals surface area contributed by atoms with Gasteiger partial charge in [-0.25, -0.2) is 0 Å². The van der Waals surface area contributed by atoms with Crippen LogP contribution >= 0.6 is 0 Å². The van der Waals surface area contributed by atoms with Gasteiger partial charge in [-0.3, -0.25) is 0 Å². The molecule has 2 atom stereocenters. The lowest BCUT2D eigenvalue weighted by Gasteiger charge is -1.92. The van der Waals surface area contributed by atoms with E-state index in [0.717, 1.165) is 11.8 Å². The summed E-state index contributed by atoms with van der Waals surface area (Å²) in [4.78, 5) is 0. The maximum Gasteiger partial charge on any atom is 0.00731 e. The minimum absolute atomic E-state index is 0.829. The Morgan fingerprint density at radius 1 is 1.67 bits per heavy atom. The van der Waals surface area contributed by atoms with Gasteiger partial charge in [-0.15, -0.1) is 0 Å². The van der Waals surface area contributed by atoms with Crippen LogP contribution in [0, 0.1) is 11.8 Å². The first-order chi connectivity index (χ1) is 4.34. The third-order valence-corrected chi connectivity index (χ3v) is 2.63. The van der Waals surface area contributed by atoms with Crippen LogP contribution in [-0.2, 0) is 0 Å². The second-order valence-corrected chi connectivity index (χ2v) is 3.07. The zero-order valence-corrected chi connectivity index (χ0v) is 5.85. The van der Waals surface area contributed by atoms with Gasteiger partial charge in [-0.05, 0) is 25.7 Å². The number of rotatable bonds is 0. The van der Waals surface area contributed by atoms with Gasteiger partial charge < -0.3 is 0 Å². The van der Waals surface area contributed by atoms with Crippen LogP contribution in [0.1, 0.15) is 19.8 Å². The van der Waals surface area contributed by atoms with Crippen LogP contribution < -0.4 is 0 Å². The molecule has 0 heterocycles. The summed E-state index contributed by atoms with van der Waals surface area (Å²) in [5.41, 5.74) is 3.14. The molecule has 0 aromatic carbocycles. The fraction of sp³-hybridized carbons (Fsp3) is 0.556. The van der Waals surface area contributed by atoms with Crippen LogP contribution in [-0.4, -0.2) is 0 Å². The molecule has 2 fully saturated rings. The molecule has 2 saturated carbocycles. The van der Waals surface area contributed by atoms with Crippen molar-refractivity contribution in [3.63, 3.8) is 0 Å². The van der Waals surface area contributed by atoms with Crippen LogP contribution in [0.25, 0.3) is 0 Å². The van der Waals surface area contributed by atoms with E-state index in [1.165, 1.54) is 18.4 Å². The van der Waals surface area contributed by atoms with Crippen molar-refractivity contribution in [2.75, 3.05) is 0 Å². The van der Waals surface area contributed by atoms with Gasteiger partial charge in [0.1, 0.15) is 0 Å². The molecule has 2 aliphatic carbocycles. The normalized spacial score (nSPS) is 43.7. The Bertz CT molecular complexity index is 186.